The predicted octanol–water partition coefficient (Wildman–Crippen LogP) is 4.98. The Bertz CT molecular complexity index is 996. The maximum atomic E-state index is 12.4. The molecule has 0 amide bonds. The average Bonchev–Trinajstić information content (AvgIpc) is 3.00. The highest BCUT2D eigenvalue weighted by Crippen LogP contribution is 2.40. The van der Waals surface area contributed by atoms with Crippen LogP contribution in [-0.4, -0.2) is 34.4 Å². The van der Waals surface area contributed by atoms with Crippen molar-refractivity contribution in [3.63, 3.8) is 0 Å². The molecule has 6 nitrogen and oxygen atoms in total. The van der Waals surface area contributed by atoms with Gasteiger partial charge in [0.15, 0.2) is 11.5 Å². The van der Waals surface area contributed by atoms with Crippen LogP contribution in [0.25, 0.3) is 6.08 Å². The lowest BCUT2D eigenvalue weighted by atomic mass is 10.1. The molecule has 0 aromatic heterocycles. The van der Waals surface area contributed by atoms with Crippen molar-refractivity contribution in [2.45, 2.75) is 13.8 Å². The normalized spacial score (nSPS) is 16.5. The monoisotopic (exact) mass is 411 g/mol. The van der Waals surface area contributed by atoms with Crippen molar-refractivity contribution < 1.29 is 24.5 Å². The molecule has 7 heteroatoms. The van der Waals surface area contributed by atoms with E-state index in [9.17, 15) is 15.0 Å². The molecule has 2 aromatic carbocycles. The van der Waals surface area contributed by atoms with Gasteiger partial charge in [-0.05, 0) is 49.8 Å². The average molecular weight is 411 g/mol. The number of aliphatic hydroxyl groups excluding tert-OH is 1. The lowest BCUT2D eigenvalue weighted by molar-refractivity contribution is -0.138. The molecule has 0 aliphatic carbocycles. The van der Waals surface area contributed by atoms with E-state index in [1.54, 1.807) is 25.1 Å². The third kappa shape index (κ3) is 4.81. The lowest BCUT2D eigenvalue weighted by Gasteiger charge is -2.06. The predicted molar refractivity (Wildman–Crippen MR) is 115 cm³/mol. The number of phenolic OH excluding ortho intramolecular Hbond substituents is 1. The zero-order valence-corrected chi connectivity index (χ0v) is 16.9. The van der Waals surface area contributed by atoms with Gasteiger partial charge in [-0.2, -0.15) is 0 Å². The van der Waals surface area contributed by atoms with Crippen LogP contribution in [0.3, 0.4) is 0 Å². The number of phenols is 1. The van der Waals surface area contributed by atoms with E-state index in [4.69, 9.17) is 9.47 Å². The Hall–Kier alpha value is -3.19. The number of rotatable bonds is 6. The second-order valence-electron chi connectivity index (χ2n) is 5.97. The van der Waals surface area contributed by atoms with E-state index in [-0.39, 0.29) is 23.7 Å². The summed E-state index contributed by atoms with van der Waals surface area (Å²) in [7, 11) is 0. The summed E-state index contributed by atoms with van der Waals surface area (Å²) in [6.45, 7) is 4.12. The van der Waals surface area contributed by atoms with Gasteiger partial charge in [-0.3, -0.25) is 0 Å². The summed E-state index contributed by atoms with van der Waals surface area (Å²) in [4.78, 5) is 17.4. The third-order valence-electron chi connectivity index (χ3n) is 3.94. The van der Waals surface area contributed by atoms with E-state index in [0.717, 1.165) is 0 Å². The van der Waals surface area contributed by atoms with E-state index in [1.807, 2.05) is 37.3 Å². The number of thioether (sulfide) groups is 1. The maximum absolute atomic E-state index is 12.4. The van der Waals surface area contributed by atoms with Crippen LogP contribution >= 0.6 is 11.8 Å². The Morgan fingerprint density at radius 3 is 2.55 bits per heavy atom. The highest BCUT2D eigenvalue weighted by Gasteiger charge is 2.33. The zero-order valence-electron chi connectivity index (χ0n) is 16.1. The Balaban J connectivity index is 2.02. The van der Waals surface area contributed by atoms with Gasteiger partial charge in [0, 0.05) is 0 Å². The first kappa shape index (κ1) is 20.5. The first-order valence-corrected chi connectivity index (χ1v) is 9.95. The molecule has 150 valence electrons. The van der Waals surface area contributed by atoms with Gasteiger partial charge in [0.1, 0.15) is 16.4 Å². The van der Waals surface area contributed by atoms with E-state index >= 15 is 0 Å². The van der Waals surface area contributed by atoms with Crippen molar-refractivity contribution in [2.24, 2.45) is 4.99 Å². The number of benzene rings is 2. The number of hydrogen-bond donors (Lipinski definition) is 2. The minimum atomic E-state index is -0.628. The molecule has 0 saturated heterocycles. The standard InChI is InChI=1S/C22H21NO5S/c1-3-27-17-12-14(10-11-16(17)24)13-18-20(25)19(22(26)28-4-2)21(29-18)23-15-8-6-5-7-9-15/h5-13,24-25H,3-4H2,1-2H3/b18-13-,23-21?. The fraction of sp³-hybridized carbons (Fsp3) is 0.182. The number of esters is 1. The quantitative estimate of drug-likeness (QED) is 0.652. The molecule has 0 radical (unpaired) electrons. The number of hydrogen-bond acceptors (Lipinski definition) is 7. The summed E-state index contributed by atoms with van der Waals surface area (Å²) in [5.74, 6) is -0.436. The number of ether oxygens (including phenoxy) is 2. The highest BCUT2D eigenvalue weighted by molar-refractivity contribution is 8.18. The second kappa shape index (κ2) is 9.34. The fourth-order valence-corrected chi connectivity index (χ4v) is 3.69. The molecule has 1 heterocycles. The number of para-hydroxylation sites is 1. The number of carbonyl (C=O) groups is 1. The van der Waals surface area contributed by atoms with Gasteiger partial charge in [0.25, 0.3) is 0 Å². The van der Waals surface area contributed by atoms with E-state index < -0.39 is 5.97 Å². The summed E-state index contributed by atoms with van der Waals surface area (Å²) in [6, 6.07) is 14.0. The topological polar surface area (TPSA) is 88.4 Å². The molecule has 29 heavy (non-hydrogen) atoms. The van der Waals surface area contributed by atoms with Crippen LogP contribution in [0, 0.1) is 0 Å². The molecule has 0 saturated carbocycles. The maximum Gasteiger partial charge on any atom is 0.344 e. The van der Waals surface area contributed by atoms with Crippen LogP contribution in [0.5, 0.6) is 11.5 Å². The largest absolute Gasteiger partial charge is 0.506 e. The molecule has 0 spiro atoms. The summed E-state index contributed by atoms with van der Waals surface area (Å²) >= 11 is 1.18. The Labute approximate surface area is 173 Å². The van der Waals surface area contributed by atoms with Gasteiger partial charge in [0.2, 0.25) is 0 Å². The number of nitrogens with zero attached hydrogens (tertiary/aromatic N) is 1. The highest BCUT2D eigenvalue weighted by atomic mass is 32.2. The minimum absolute atomic E-state index is 0.0337. The Kier molecular flexibility index (Phi) is 6.61. The molecule has 0 atom stereocenters. The first-order valence-electron chi connectivity index (χ1n) is 9.13. The molecule has 2 N–H and O–H groups in total. The van der Waals surface area contributed by atoms with Gasteiger partial charge in [-0.1, -0.05) is 36.0 Å². The van der Waals surface area contributed by atoms with Gasteiger partial charge < -0.3 is 19.7 Å². The lowest BCUT2D eigenvalue weighted by Crippen LogP contribution is -2.12. The van der Waals surface area contributed by atoms with Crippen LogP contribution in [-0.2, 0) is 9.53 Å². The molecule has 0 unspecified atom stereocenters. The van der Waals surface area contributed by atoms with E-state index in [2.05, 4.69) is 4.99 Å². The Morgan fingerprint density at radius 1 is 1.10 bits per heavy atom. The van der Waals surface area contributed by atoms with Gasteiger partial charge in [0.05, 0.1) is 23.8 Å². The van der Waals surface area contributed by atoms with Crippen molar-refractivity contribution in [2.75, 3.05) is 13.2 Å². The van der Waals surface area contributed by atoms with Crippen LogP contribution < -0.4 is 4.74 Å². The zero-order chi connectivity index (χ0) is 20.8. The molecule has 2 aromatic rings. The van der Waals surface area contributed by atoms with Crippen LogP contribution in [0.1, 0.15) is 19.4 Å². The summed E-state index contributed by atoms with van der Waals surface area (Å²) in [5, 5.41) is 20.9. The van der Waals surface area contributed by atoms with E-state index in [1.165, 1.54) is 17.8 Å². The molecule has 1 aliphatic heterocycles. The number of aromatic hydroxyl groups is 1. The van der Waals surface area contributed by atoms with Crippen molar-refractivity contribution in [1.29, 1.82) is 0 Å². The molecule has 3 rings (SSSR count). The Morgan fingerprint density at radius 2 is 1.86 bits per heavy atom. The van der Waals surface area contributed by atoms with Crippen LogP contribution in [0.2, 0.25) is 0 Å². The molecule has 0 fully saturated rings. The summed E-state index contributed by atoms with van der Waals surface area (Å²) in [5.41, 5.74) is 1.40. The van der Waals surface area contributed by atoms with Crippen molar-refractivity contribution in [3.8, 4) is 11.5 Å². The van der Waals surface area contributed by atoms with Crippen molar-refractivity contribution in [3.05, 3.63) is 70.3 Å². The second-order valence-corrected chi connectivity index (χ2v) is 7.00. The first-order chi connectivity index (χ1) is 14.0. The minimum Gasteiger partial charge on any atom is -0.506 e. The number of carbonyl (C=O) groups excluding carboxylic acids is 1. The van der Waals surface area contributed by atoms with Gasteiger partial charge in [-0.15, -0.1) is 0 Å². The molecule has 1 aliphatic rings. The fourth-order valence-electron chi connectivity index (χ4n) is 2.65. The molecular formula is C22H21NO5S. The van der Waals surface area contributed by atoms with Crippen LogP contribution in [0.4, 0.5) is 5.69 Å². The number of aliphatic imine (C=N–C) groups is 1. The SMILES string of the molecule is CCOC(=O)C1=C(O)/C(=C/c2ccc(O)c(OCC)c2)SC1=Nc1ccccc1. The van der Waals surface area contributed by atoms with Gasteiger partial charge >= 0.3 is 5.97 Å². The van der Waals surface area contributed by atoms with Gasteiger partial charge in [-0.25, -0.2) is 9.79 Å². The van der Waals surface area contributed by atoms with Crippen molar-refractivity contribution >= 4 is 34.5 Å². The number of aliphatic hydroxyl groups is 1. The van der Waals surface area contributed by atoms with Crippen LogP contribution in [0.15, 0.2) is 69.8 Å². The molecular weight excluding hydrogens is 390 g/mol. The molecule has 0 bridgehead atoms. The third-order valence-corrected chi connectivity index (χ3v) is 4.96. The smallest absolute Gasteiger partial charge is 0.344 e. The van der Waals surface area contributed by atoms with E-state index in [0.29, 0.717) is 33.6 Å². The summed E-state index contributed by atoms with van der Waals surface area (Å²) < 4.78 is 10.5. The summed E-state index contributed by atoms with van der Waals surface area (Å²) in [6.07, 6.45) is 1.70. The van der Waals surface area contributed by atoms with Crippen molar-refractivity contribution in [1.82, 2.24) is 0 Å².